The molecule has 0 bridgehead atoms. The number of ether oxygens (including phenoxy) is 3. The average Bonchev–Trinajstić information content (AvgIpc) is 2.70. The Balaban J connectivity index is 1.84. The molecule has 0 saturated carbocycles. The number of nitrogens with one attached hydrogen (secondary N) is 1. The van der Waals surface area contributed by atoms with Crippen molar-refractivity contribution >= 4 is 5.96 Å². The minimum absolute atomic E-state index is 0.0188. The van der Waals surface area contributed by atoms with Crippen molar-refractivity contribution < 1.29 is 14.2 Å². The van der Waals surface area contributed by atoms with Crippen LogP contribution >= 0.6 is 0 Å². The molecule has 0 amide bonds. The number of nitrogens with zero attached hydrogens (tertiary/aromatic N) is 2. The van der Waals surface area contributed by atoms with Crippen molar-refractivity contribution in [3.8, 4) is 11.5 Å². The van der Waals surface area contributed by atoms with Gasteiger partial charge in [-0.25, -0.2) is 4.99 Å². The number of guanidine groups is 1. The zero-order valence-corrected chi connectivity index (χ0v) is 17.2. The highest BCUT2D eigenvalue weighted by atomic mass is 16.5. The van der Waals surface area contributed by atoms with Gasteiger partial charge in [0.2, 0.25) is 0 Å². The first kappa shape index (κ1) is 21.4. The van der Waals surface area contributed by atoms with E-state index < -0.39 is 0 Å². The maximum Gasteiger partial charge on any atom is 0.193 e. The Kier molecular flexibility index (Phi) is 9.25. The second-order valence-corrected chi connectivity index (χ2v) is 7.07. The molecule has 152 valence electrons. The Hall–Kier alpha value is -1.95. The Labute approximate surface area is 163 Å². The standard InChI is InChI=1S/C21H35N3O3/c1-5-22-21(24(3)12-9-18-10-13-26-14-11-18)23-16-17(2)27-20-8-6-7-19(15-20)25-4/h6-8,15,17-18H,5,9-14,16H2,1-4H3,(H,22,23). The van der Waals surface area contributed by atoms with Gasteiger partial charge < -0.3 is 24.4 Å². The van der Waals surface area contributed by atoms with Crippen LogP contribution in [0.4, 0.5) is 0 Å². The first-order chi connectivity index (χ1) is 13.1. The quantitative estimate of drug-likeness (QED) is 0.529. The summed E-state index contributed by atoms with van der Waals surface area (Å²) in [5, 5.41) is 3.38. The summed E-state index contributed by atoms with van der Waals surface area (Å²) in [5.41, 5.74) is 0. The summed E-state index contributed by atoms with van der Waals surface area (Å²) in [6.45, 7) is 8.39. The topological polar surface area (TPSA) is 55.3 Å². The predicted molar refractivity (Wildman–Crippen MR) is 110 cm³/mol. The third kappa shape index (κ3) is 7.67. The molecule has 0 spiro atoms. The fourth-order valence-corrected chi connectivity index (χ4v) is 3.15. The molecule has 1 aromatic carbocycles. The summed E-state index contributed by atoms with van der Waals surface area (Å²) in [7, 11) is 3.76. The van der Waals surface area contributed by atoms with E-state index in [4.69, 9.17) is 19.2 Å². The van der Waals surface area contributed by atoms with E-state index in [9.17, 15) is 0 Å². The van der Waals surface area contributed by atoms with Crippen LogP contribution in [0, 0.1) is 5.92 Å². The van der Waals surface area contributed by atoms with Crippen LogP contribution in [0.25, 0.3) is 0 Å². The van der Waals surface area contributed by atoms with E-state index in [0.717, 1.165) is 49.7 Å². The minimum Gasteiger partial charge on any atom is -0.497 e. The zero-order chi connectivity index (χ0) is 19.5. The lowest BCUT2D eigenvalue weighted by Crippen LogP contribution is -2.40. The highest BCUT2D eigenvalue weighted by Gasteiger charge is 2.15. The second kappa shape index (κ2) is 11.7. The van der Waals surface area contributed by atoms with E-state index in [2.05, 4.69) is 24.2 Å². The molecule has 0 radical (unpaired) electrons. The molecule has 1 N–H and O–H groups in total. The summed E-state index contributed by atoms with van der Waals surface area (Å²) in [5.74, 6) is 3.30. The van der Waals surface area contributed by atoms with Gasteiger partial charge in [0.25, 0.3) is 0 Å². The van der Waals surface area contributed by atoms with E-state index in [1.54, 1.807) is 7.11 Å². The second-order valence-electron chi connectivity index (χ2n) is 7.07. The molecule has 2 rings (SSSR count). The van der Waals surface area contributed by atoms with Crippen molar-refractivity contribution in [1.82, 2.24) is 10.2 Å². The van der Waals surface area contributed by atoms with Crippen LogP contribution in [0.3, 0.4) is 0 Å². The Morgan fingerprint density at radius 1 is 1.33 bits per heavy atom. The summed E-state index contributed by atoms with van der Waals surface area (Å²) in [6.07, 6.45) is 3.51. The zero-order valence-electron chi connectivity index (χ0n) is 17.2. The molecule has 1 aliphatic heterocycles. The van der Waals surface area contributed by atoms with Gasteiger partial charge in [0.05, 0.1) is 13.7 Å². The van der Waals surface area contributed by atoms with Crippen LogP contribution in [-0.2, 0) is 4.74 Å². The van der Waals surface area contributed by atoms with Crippen molar-refractivity contribution in [2.45, 2.75) is 39.2 Å². The predicted octanol–water partition coefficient (Wildman–Crippen LogP) is 3.18. The number of methoxy groups -OCH3 is 1. The van der Waals surface area contributed by atoms with Gasteiger partial charge in [0, 0.05) is 39.4 Å². The van der Waals surface area contributed by atoms with Crippen molar-refractivity contribution in [3.05, 3.63) is 24.3 Å². The number of hydrogen-bond donors (Lipinski definition) is 1. The van der Waals surface area contributed by atoms with Crippen LogP contribution in [0.15, 0.2) is 29.3 Å². The van der Waals surface area contributed by atoms with Crippen molar-refractivity contribution in [2.24, 2.45) is 10.9 Å². The molecule has 1 unspecified atom stereocenters. The maximum absolute atomic E-state index is 5.97. The number of rotatable bonds is 9. The van der Waals surface area contributed by atoms with Gasteiger partial charge in [0.1, 0.15) is 17.6 Å². The van der Waals surface area contributed by atoms with E-state index in [1.807, 2.05) is 31.2 Å². The van der Waals surface area contributed by atoms with E-state index in [0.29, 0.717) is 6.54 Å². The highest BCUT2D eigenvalue weighted by Crippen LogP contribution is 2.20. The van der Waals surface area contributed by atoms with Gasteiger partial charge in [-0.2, -0.15) is 0 Å². The Morgan fingerprint density at radius 3 is 2.78 bits per heavy atom. The number of benzene rings is 1. The van der Waals surface area contributed by atoms with Crippen molar-refractivity contribution in [2.75, 3.05) is 47.0 Å². The lowest BCUT2D eigenvalue weighted by molar-refractivity contribution is 0.0625. The van der Waals surface area contributed by atoms with Gasteiger partial charge in [-0.1, -0.05) is 6.07 Å². The van der Waals surface area contributed by atoms with Gasteiger partial charge in [-0.3, -0.25) is 0 Å². The molecule has 27 heavy (non-hydrogen) atoms. The molecule has 1 saturated heterocycles. The van der Waals surface area contributed by atoms with Crippen LogP contribution < -0.4 is 14.8 Å². The van der Waals surface area contributed by atoms with Crippen LogP contribution in [0.2, 0.25) is 0 Å². The fraction of sp³-hybridized carbons (Fsp3) is 0.667. The van der Waals surface area contributed by atoms with Gasteiger partial charge >= 0.3 is 0 Å². The Bertz CT molecular complexity index is 574. The third-order valence-electron chi connectivity index (χ3n) is 4.79. The third-order valence-corrected chi connectivity index (χ3v) is 4.79. The van der Waals surface area contributed by atoms with E-state index in [1.165, 1.54) is 19.3 Å². The molecule has 0 aliphatic carbocycles. The van der Waals surface area contributed by atoms with Crippen LogP contribution in [0.1, 0.15) is 33.1 Å². The first-order valence-corrected chi connectivity index (χ1v) is 10.00. The fourth-order valence-electron chi connectivity index (χ4n) is 3.15. The molecule has 6 nitrogen and oxygen atoms in total. The molecule has 6 heteroatoms. The number of hydrogen-bond acceptors (Lipinski definition) is 4. The summed E-state index contributed by atoms with van der Waals surface area (Å²) in [4.78, 5) is 6.99. The van der Waals surface area contributed by atoms with Gasteiger partial charge in [-0.15, -0.1) is 0 Å². The SMILES string of the molecule is CCNC(=NCC(C)Oc1cccc(OC)c1)N(C)CCC1CCOCC1. The highest BCUT2D eigenvalue weighted by molar-refractivity contribution is 5.79. The smallest absolute Gasteiger partial charge is 0.193 e. The first-order valence-electron chi connectivity index (χ1n) is 10.00. The van der Waals surface area contributed by atoms with Crippen molar-refractivity contribution in [3.63, 3.8) is 0 Å². The van der Waals surface area contributed by atoms with Gasteiger partial charge in [-0.05, 0) is 51.2 Å². The summed E-state index contributed by atoms with van der Waals surface area (Å²) < 4.78 is 16.7. The monoisotopic (exact) mass is 377 g/mol. The molecule has 1 aromatic rings. The molecular formula is C21H35N3O3. The van der Waals surface area contributed by atoms with E-state index in [-0.39, 0.29) is 6.10 Å². The van der Waals surface area contributed by atoms with Crippen molar-refractivity contribution in [1.29, 1.82) is 0 Å². The normalized spacial score (nSPS) is 16.7. The minimum atomic E-state index is -0.0188. The van der Waals surface area contributed by atoms with E-state index >= 15 is 0 Å². The lowest BCUT2D eigenvalue weighted by Gasteiger charge is -2.27. The molecule has 1 fully saturated rings. The molecule has 1 aliphatic rings. The Morgan fingerprint density at radius 2 is 2.07 bits per heavy atom. The molecule has 1 heterocycles. The largest absolute Gasteiger partial charge is 0.497 e. The average molecular weight is 378 g/mol. The molecule has 1 atom stereocenters. The van der Waals surface area contributed by atoms with Crippen LogP contribution in [-0.4, -0.2) is 64.0 Å². The molecular weight excluding hydrogens is 342 g/mol. The maximum atomic E-state index is 5.97. The number of aliphatic imine (C=N–C) groups is 1. The lowest BCUT2D eigenvalue weighted by atomic mass is 9.96. The molecule has 0 aromatic heterocycles. The summed E-state index contributed by atoms with van der Waals surface area (Å²) >= 11 is 0. The summed E-state index contributed by atoms with van der Waals surface area (Å²) in [6, 6.07) is 7.67. The van der Waals surface area contributed by atoms with Crippen LogP contribution in [0.5, 0.6) is 11.5 Å². The van der Waals surface area contributed by atoms with Gasteiger partial charge in [0.15, 0.2) is 5.96 Å².